The molecule has 94 valence electrons. The van der Waals surface area contributed by atoms with Crippen LogP contribution in [-0.4, -0.2) is 18.9 Å². The Balaban J connectivity index is 3.52. The van der Waals surface area contributed by atoms with Crippen LogP contribution in [0.15, 0.2) is 12.1 Å². The predicted molar refractivity (Wildman–Crippen MR) is 57.5 cm³/mol. The first kappa shape index (κ1) is 13.8. The number of hydrogen-bond donors (Lipinski definition) is 0. The molecule has 0 bridgehead atoms. The summed E-state index contributed by atoms with van der Waals surface area (Å²) in [7, 11) is 0. The van der Waals surface area contributed by atoms with Crippen LogP contribution in [0.2, 0.25) is 0 Å². The van der Waals surface area contributed by atoms with Gasteiger partial charge in [0.05, 0.1) is 17.7 Å². The zero-order valence-corrected chi connectivity index (χ0v) is 9.44. The minimum Gasteiger partial charge on any atom is -0.462 e. The van der Waals surface area contributed by atoms with Crippen molar-refractivity contribution in [3.8, 4) is 6.07 Å². The van der Waals surface area contributed by atoms with E-state index in [0.717, 1.165) is 12.1 Å². The van der Waals surface area contributed by atoms with Gasteiger partial charge in [0.1, 0.15) is 6.07 Å². The number of esters is 1. The molecule has 0 saturated heterocycles. The van der Waals surface area contributed by atoms with Gasteiger partial charge in [-0.1, -0.05) is 12.1 Å². The second kappa shape index (κ2) is 5.87. The standard InChI is InChI=1S/C12H9F2NO3/c1-2-18-12(17)10-7(6-16)3-4-8(11(13)14)9(10)5-15/h3-4,6,11H,2H2,1H3. The molecule has 0 N–H and O–H groups in total. The van der Waals surface area contributed by atoms with Gasteiger partial charge in [-0.05, 0) is 6.92 Å². The third-order valence-corrected chi connectivity index (χ3v) is 2.22. The number of carbonyl (C=O) groups excluding carboxylic acids is 2. The van der Waals surface area contributed by atoms with E-state index in [0.29, 0.717) is 6.29 Å². The largest absolute Gasteiger partial charge is 0.462 e. The highest BCUT2D eigenvalue weighted by Gasteiger charge is 2.24. The van der Waals surface area contributed by atoms with E-state index in [4.69, 9.17) is 5.26 Å². The summed E-state index contributed by atoms with van der Waals surface area (Å²) in [6.07, 6.45) is -2.59. The van der Waals surface area contributed by atoms with E-state index in [1.807, 2.05) is 0 Å². The Kier molecular flexibility index (Phi) is 4.49. The molecule has 1 aromatic rings. The van der Waals surface area contributed by atoms with Gasteiger partial charge in [0.2, 0.25) is 0 Å². The number of nitriles is 1. The zero-order valence-electron chi connectivity index (χ0n) is 9.44. The summed E-state index contributed by atoms with van der Waals surface area (Å²) in [5.74, 6) is -0.960. The molecule has 0 atom stereocenters. The lowest BCUT2D eigenvalue weighted by Gasteiger charge is -2.10. The number of hydrogen-bond acceptors (Lipinski definition) is 4. The van der Waals surface area contributed by atoms with Crippen molar-refractivity contribution in [2.24, 2.45) is 0 Å². The van der Waals surface area contributed by atoms with Crippen LogP contribution in [0, 0.1) is 11.3 Å². The minimum absolute atomic E-state index is 0.0148. The summed E-state index contributed by atoms with van der Waals surface area (Å²) >= 11 is 0. The first-order chi connectivity index (χ1) is 8.56. The van der Waals surface area contributed by atoms with E-state index >= 15 is 0 Å². The molecular formula is C12H9F2NO3. The molecular weight excluding hydrogens is 244 g/mol. The Labute approximate surface area is 102 Å². The van der Waals surface area contributed by atoms with Crippen molar-refractivity contribution >= 4 is 12.3 Å². The van der Waals surface area contributed by atoms with Crippen molar-refractivity contribution in [3.05, 3.63) is 34.4 Å². The molecule has 0 spiro atoms. The van der Waals surface area contributed by atoms with Crippen LogP contribution in [0.4, 0.5) is 8.78 Å². The first-order valence-corrected chi connectivity index (χ1v) is 5.04. The Morgan fingerprint density at radius 2 is 2.22 bits per heavy atom. The molecule has 0 aliphatic heterocycles. The van der Waals surface area contributed by atoms with Crippen LogP contribution in [0.25, 0.3) is 0 Å². The summed E-state index contributed by atoms with van der Waals surface area (Å²) in [5, 5.41) is 8.88. The second-order valence-corrected chi connectivity index (χ2v) is 3.24. The van der Waals surface area contributed by atoms with Crippen molar-refractivity contribution < 1.29 is 23.1 Å². The van der Waals surface area contributed by atoms with Crippen molar-refractivity contribution in [1.29, 1.82) is 5.26 Å². The third kappa shape index (κ3) is 2.51. The number of ether oxygens (including phenoxy) is 1. The van der Waals surface area contributed by atoms with E-state index in [9.17, 15) is 18.4 Å². The summed E-state index contributed by atoms with van der Waals surface area (Å²) in [6, 6.07) is 3.54. The maximum Gasteiger partial charge on any atom is 0.340 e. The van der Waals surface area contributed by atoms with Crippen molar-refractivity contribution in [2.75, 3.05) is 6.61 Å². The Bertz CT molecular complexity index is 521. The van der Waals surface area contributed by atoms with Crippen LogP contribution in [0.5, 0.6) is 0 Å². The molecule has 0 aliphatic carbocycles. The van der Waals surface area contributed by atoms with Gasteiger partial charge in [0, 0.05) is 11.1 Å². The van der Waals surface area contributed by atoms with Gasteiger partial charge in [-0.3, -0.25) is 4.79 Å². The SMILES string of the molecule is CCOC(=O)c1c(C=O)ccc(C(F)F)c1C#N. The molecule has 0 fully saturated rings. The number of benzene rings is 1. The lowest BCUT2D eigenvalue weighted by atomic mass is 9.97. The summed E-state index contributed by atoms with van der Waals surface area (Å²) < 4.78 is 30.0. The maximum atomic E-state index is 12.7. The highest BCUT2D eigenvalue weighted by Crippen LogP contribution is 2.27. The van der Waals surface area contributed by atoms with Gasteiger partial charge >= 0.3 is 5.97 Å². The van der Waals surface area contributed by atoms with Crippen LogP contribution < -0.4 is 0 Å². The normalized spacial score (nSPS) is 9.94. The van der Waals surface area contributed by atoms with E-state index < -0.39 is 29.1 Å². The number of carbonyl (C=O) groups is 2. The van der Waals surface area contributed by atoms with Gasteiger partial charge in [0.15, 0.2) is 6.29 Å². The smallest absolute Gasteiger partial charge is 0.340 e. The quantitative estimate of drug-likeness (QED) is 0.610. The number of alkyl halides is 2. The number of nitrogens with zero attached hydrogens (tertiary/aromatic N) is 1. The lowest BCUT2D eigenvalue weighted by Crippen LogP contribution is -2.12. The fraction of sp³-hybridized carbons (Fsp3) is 0.250. The monoisotopic (exact) mass is 253 g/mol. The zero-order chi connectivity index (χ0) is 13.7. The number of rotatable bonds is 4. The fourth-order valence-electron chi connectivity index (χ4n) is 1.46. The van der Waals surface area contributed by atoms with Gasteiger partial charge in [-0.25, -0.2) is 13.6 Å². The molecule has 18 heavy (non-hydrogen) atoms. The third-order valence-electron chi connectivity index (χ3n) is 2.22. The van der Waals surface area contributed by atoms with E-state index in [1.54, 1.807) is 0 Å². The molecule has 1 rings (SSSR count). The van der Waals surface area contributed by atoms with Gasteiger partial charge in [-0.15, -0.1) is 0 Å². The average molecular weight is 253 g/mol. The van der Waals surface area contributed by atoms with Crippen molar-refractivity contribution in [2.45, 2.75) is 13.3 Å². The van der Waals surface area contributed by atoms with E-state index in [2.05, 4.69) is 4.74 Å². The van der Waals surface area contributed by atoms with Crippen LogP contribution in [0.1, 0.15) is 45.2 Å². The minimum atomic E-state index is -2.91. The predicted octanol–water partition coefficient (Wildman–Crippen LogP) is 2.49. The Morgan fingerprint density at radius 3 is 2.67 bits per heavy atom. The lowest BCUT2D eigenvalue weighted by molar-refractivity contribution is 0.0523. The Morgan fingerprint density at radius 1 is 1.56 bits per heavy atom. The van der Waals surface area contributed by atoms with Crippen molar-refractivity contribution in [3.63, 3.8) is 0 Å². The summed E-state index contributed by atoms with van der Waals surface area (Å²) in [6.45, 7) is 1.54. The highest BCUT2D eigenvalue weighted by molar-refractivity contribution is 6.01. The number of halogens is 2. The first-order valence-electron chi connectivity index (χ1n) is 5.04. The van der Waals surface area contributed by atoms with Crippen LogP contribution >= 0.6 is 0 Å². The molecule has 0 aliphatic rings. The summed E-state index contributed by atoms with van der Waals surface area (Å²) in [5.41, 5.74) is -1.67. The van der Waals surface area contributed by atoms with Gasteiger partial charge in [0.25, 0.3) is 6.43 Å². The highest BCUT2D eigenvalue weighted by atomic mass is 19.3. The molecule has 0 heterocycles. The molecule has 4 nitrogen and oxygen atoms in total. The van der Waals surface area contributed by atoms with Gasteiger partial charge in [-0.2, -0.15) is 5.26 Å². The molecule has 0 amide bonds. The topological polar surface area (TPSA) is 67.2 Å². The van der Waals surface area contributed by atoms with Crippen LogP contribution in [0.3, 0.4) is 0 Å². The average Bonchev–Trinajstić information content (AvgIpc) is 2.36. The molecule has 0 saturated carbocycles. The molecule has 0 unspecified atom stereocenters. The molecule has 0 radical (unpaired) electrons. The van der Waals surface area contributed by atoms with Crippen LogP contribution in [-0.2, 0) is 4.74 Å². The summed E-state index contributed by atoms with van der Waals surface area (Å²) in [4.78, 5) is 22.4. The number of aldehydes is 1. The molecule has 0 aromatic heterocycles. The molecule has 1 aromatic carbocycles. The molecule has 6 heteroatoms. The fourth-order valence-corrected chi connectivity index (χ4v) is 1.46. The van der Waals surface area contributed by atoms with Gasteiger partial charge < -0.3 is 4.74 Å². The maximum absolute atomic E-state index is 12.7. The van der Waals surface area contributed by atoms with E-state index in [1.165, 1.54) is 13.0 Å². The second-order valence-electron chi connectivity index (χ2n) is 3.24. The van der Waals surface area contributed by atoms with E-state index in [-0.39, 0.29) is 12.2 Å². The van der Waals surface area contributed by atoms with Crippen molar-refractivity contribution in [1.82, 2.24) is 0 Å². The Hall–Kier alpha value is -2.29.